The molecule has 1 aromatic rings. The Kier molecular flexibility index (Phi) is 7.65. The minimum Gasteiger partial charge on any atom is -0.456 e. The van der Waals surface area contributed by atoms with Gasteiger partial charge in [-0.15, -0.1) is 0 Å². The maximum atomic E-state index is 12.7. The number of amides is 1. The van der Waals surface area contributed by atoms with Crippen molar-refractivity contribution >= 4 is 5.91 Å². The molecule has 158 valence electrons. The fraction of sp³-hybridized carbons (Fsp3) is 0.455. The molecule has 1 aliphatic heterocycles. The van der Waals surface area contributed by atoms with Crippen LogP contribution in [0.4, 0.5) is 13.2 Å². The Balaban J connectivity index is 2.14. The number of likely N-dealkylation sites (tertiary alicyclic amines) is 1. The molecule has 0 aliphatic carbocycles. The predicted octanol–water partition coefficient (Wildman–Crippen LogP) is 5.39. The topological polar surface area (TPSA) is 42.4 Å². The van der Waals surface area contributed by atoms with Crippen molar-refractivity contribution in [3.05, 3.63) is 60.7 Å². The highest BCUT2D eigenvalue weighted by atomic mass is 19.4. The molecule has 0 saturated carbocycles. The van der Waals surface area contributed by atoms with Crippen molar-refractivity contribution < 1.29 is 22.7 Å². The van der Waals surface area contributed by atoms with Gasteiger partial charge in [-0.25, -0.2) is 4.98 Å². The van der Waals surface area contributed by atoms with Crippen molar-refractivity contribution in [2.45, 2.75) is 39.3 Å². The van der Waals surface area contributed by atoms with Crippen LogP contribution in [0.1, 0.15) is 38.8 Å². The number of pyridine rings is 1. The van der Waals surface area contributed by atoms with Gasteiger partial charge < -0.3 is 9.64 Å². The van der Waals surface area contributed by atoms with Gasteiger partial charge in [0.1, 0.15) is 17.2 Å². The number of ether oxygens (including phenoxy) is 1. The molecule has 7 heteroatoms. The Morgan fingerprint density at radius 1 is 1.38 bits per heavy atom. The zero-order chi connectivity index (χ0) is 21.6. The zero-order valence-corrected chi connectivity index (χ0v) is 16.8. The van der Waals surface area contributed by atoms with E-state index in [2.05, 4.69) is 38.1 Å². The van der Waals surface area contributed by atoms with Crippen LogP contribution in [0.5, 0.6) is 5.75 Å². The van der Waals surface area contributed by atoms with Crippen LogP contribution >= 0.6 is 0 Å². The van der Waals surface area contributed by atoms with E-state index in [1.165, 1.54) is 12.1 Å². The highest BCUT2D eigenvalue weighted by molar-refractivity contribution is 5.87. The largest absolute Gasteiger partial charge is 0.456 e. The summed E-state index contributed by atoms with van der Waals surface area (Å²) in [6.07, 6.45) is 2.44. The highest BCUT2D eigenvalue weighted by Gasteiger charge is 2.32. The molecule has 1 fully saturated rings. The second-order valence-corrected chi connectivity index (χ2v) is 7.21. The Bertz CT molecular complexity index is 761. The van der Waals surface area contributed by atoms with Gasteiger partial charge in [0.25, 0.3) is 0 Å². The normalized spacial score (nSPS) is 17.0. The molecule has 1 aliphatic rings. The van der Waals surface area contributed by atoms with Gasteiger partial charge in [0.15, 0.2) is 0 Å². The minimum absolute atomic E-state index is 0.0817. The number of carbonyl (C=O) groups excluding carboxylic acids is 1. The second kappa shape index (κ2) is 9.76. The Labute approximate surface area is 169 Å². The van der Waals surface area contributed by atoms with Gasteiger partial charge in [0, 0.05) is 13.1 Å². The lowest BCUT2D eigenvalue weighted by molar-refractivity contribution is -0.141. The lowest BCUT2D eigenvalue weighted by atomic mass is 9.86. The summed E-state index contributed by atoms with van der Waals surface area (Å²) in [7, 11) is 0. The third-order valence-electron chi connectivity index (χ3n) is 5.12. The number of allylic oxidation sites excluding steroid dienone is 2. The summed E-state index contributed by atoms with van der Waals surface area (Å²) in [6.45, 7) is 12.9. The zero-order valence-electron chi connectivity index (χ0n) is 16.8. The maximum absolute atomic E-state index is 12.7. The van der Waals surface area contributed by atoms with Gasteiger partial charge in [0.05, 0.1) is 6.20 Å². The van der Waals surface area contributed by atoms with Crippen LogP contribution in [-0.2, 0) is 11.0 Å². The predicted molar refractivity (Wildman–Crippen MR) is 106 cm³/mol. The molecule has 1 amide bonds. The summed E-state index contributed by atoms with van der Waals surface area (Å²) in [5.41, 5.74) is -0.0324. The summed E-state index contributed by atoms with van der Waals surface area (Å²) in [6, 6.07) is 2.13. The van der Waals surface area contributed by atoms with E-state index in [1.54, 1.807) is 4.90 Å². The number of halogens is 3. The first-order valence-electron chi connectivity index (χ1n) is 9.69. The molecule has 1 unspecified atom stereocenters. The number of piperidine rings is 1. The van der Waals surface area contributed by atoms with Gasteiger partial charge in [-0.2, -0.15) is 13.2 Å². The van der Waals surface area contributed by atoms with E-state index in [1.807, 2.05) is 0 Å². The molecular weight excluding hydrogens is 381 g/mol. The quantitative estimate of drug-likeness (QED) is 0.345. The highest BCUT2D eigenvalue weighted by Crippen LogP contribution is 2.33. The average Bonchev–Trinajstić information content (AvgIpc) is 2.71. The lowest BCUT2D eigenvalue weighted by Gasteiger charge is -2.33. The first-order chi connectivity index (χ1) is 13.7. The minimum atomic E-state index is -4.49. The summed E-state index contributed by atoms with van der Waals surface area (Å²) in [5.74, 6) is 0.983. The van der Waals surface area contributed by atoms with Crippen molar-refractivity contribution in [2.24, 2.45) is 11.8 Å². The number of hydrogen-bond acceptors (Lipinski definition) is 3. The van der Waals surface area contributed by atoms with Crippen LogP contribution < -0.4 is 4.74 Å². The fourth-order valence-electron chi connectivity index (χ4n) is 3.23. The number of hydrogen-bond donors (Lipinski definition) is 0. The van der Waals surface area contributed by atoms with Crippen LogP contribution in [0.25, 0.3) is 0 Å². The Morgan fingerprint density at radius 2 is 2.03 bits per heavy atom. The molecule has 0 bridgehead atoms. The number of rotatable bonds is 7. The van der Waals surface area contributed by atoms with Gasteiger partial charge >= 0.3 is 6.18 Å². The number of carbonyl (C=O) groups is 1. The van der Waals surface area contributed by atoms with E-state index in [-0.39, 0.29) is 17.6 Å². The first-order valence-corrected chi connectivity index (χ1v) is 9.69. The summed E-state index contributed by atoms with van der Waals surface area (Å²) >= 11 is 0. The average molecular weight is 408 g/mol. The molecule has 0 spiro atoms. The Morgan fingerprint density at radius 3 is 2.52 bits per heavy atom. The lowest BCUT2D eigenvalue weighted by Crippen LogP contribution is -2.38. The molecular formula is C22H27F3N2O2. The standard InChI is InChI=1S/C22H27F3N2O2/c1-5-15(3)13-19(17-9-11-27(12-10-17)21(28)6-2)16(4)29-18-7-8-20(26-14-18)22(23,24)25/h6-8,13-15,17H,2,4-5,9-12H2,1,3H3/b19-13+. The number of aromatic nitrogens is 1. The van der Waals surface area contributed by atoms with E-state index in [0.29, 0.717) is 24.8 Å². The van der Waals surface area contributed by atoms with Crippen LogP contribution in [0, 0.1) is 11.8 Å². The third-order valence-corrected chi connectivity index (χ3v) is 5.12. The molecule has 0 N–H and O–H groups in total. The molecule has 29 heavy (non-hydrogen) atoms. The SMILES string of the molecule is C=CC(=O)N1CCC(/C(=C/C(C)CC)C(=C)Oc2ccc(C(F)(F)F)nc2)CC1. The van der Waals surface area contributed by atoms with E-state index < -0.39 is 11.9 Å². The molecule has 4 nitrogen and oxygen atoms in total. The van der Waals surface area contributed by atoms with E-state index >= 15 is 0 Å². The fourth-order valence-corrected chi connectivity index (χ4v) is 3.23. The smallest absolute Gasteiger partial charge is 0.433 e. The third kappa shape index (κ3) is 6.21. The number of nitrogens with zero attached hydrogens (tertiary/aromatic N) is 2. The van der Waals surface area contributed by atoms with Crippen molar-refractivity contribution in [2.75, 3.05) is 13.1 Å². The van der Waals surface area contributed by atoms with Gasteiger partial charge in [-0.05, 0) is 48.5 Å². The molecule has 2 rings (SSSR count). The van der Waals surface area contributed by atoms with Crippen LogP contribution in [0.2, 0.25) is 0 Å². The van der Waals surface area contributed by atoms with Crippen LogP contribution in [0.3, 0.4) is 0 Å². The molecule has 1 aromatic heterocycles. The van der Waals surface area contributed by atoms with Crippen molar-refractivity contribution in [1.82, 2.24) is 9.88 Å². The molecule has 0 aromatic carbocycles. The number of alkyl halides is 3. The van der Waals surface area contributed by atoms with E-state index in [9.17, 15) is 18.0 Å². The Hall–Kier alpha value is -2.57. The van der Waals surface area contributed by atoms with Crippen molar-refractivity contribution in [3.8, 4) is 5.75 Å². The summed E-state index contributed by atoms with van der Waals surface area (Å²) in [4.78, 5) is 17.0. The van der Waals surface area contributed by atoms with Crippen molar-refractivity contribution in [3.63, 3.8) is 0 Å². The van der Waals surface area contributed by atoms with Crippen molar-refractivity contribution in [1.29, 1.82) is 0 Å². The van der Waals surface area contributed by atoms with Gasteiger partial charge in [-0.1, -0.05) is 39.5 Å². The molecule has 0 radical (unpaired) electrons. The van der Waals surface area contributed by atoms with Crippen LogP contribution in [-0.4, -0.2) is 28.9 Å². The monoisotopic (exact) mass is 408 g/mol. The van der Waals surface area contributed by atoms with Gasteiger partial charge in [0.2, 0.25) is 5.91 Å². The first kappa shape index (κ1) is 22.7. The van der Waals surface area contributed by atoms with Crippen LogP contribution in [0.15, 0.2) is 55.0 Å². The van der Waals surface area contributed by atoms with E-state index in [4.69, 9.17) is 4.74 Å². The molecule has 1 atom stereocenters. The second-order valence-electron chi connectivity index (χ2n) is 7.21. The molecule has 2 heterocycles. The maximum Gasteiger partial charge on any atom is 0.433 e. The van der Waals surface area contributed by atoms with Gasteiger partial charge in [-0.3, -0.25) is 4.79 Å². The molecule has 1 saturated heterocycles. The summed E-state index contributed by atoms with van der Waals surface area (Å²) in [5, 5.41) is 0. The summed E-state index contributed by atoms with van der Waals surface area (Å²) < 4.78 is 43.8. The van der Waals surface area contributed by atoms with E-state index in [0.717, 1.165) is 37.1 Å².